The van der Waals surface area contributed by atoms with Gasteiger partial charge in [-0.15, -0.1) is 0 Å². The van der Waals surface area contributed by atoms with E-state index in [1.165, 1.54) is 12.3 Å². The Balaban J connectivity index is 1.29. The number of pyridine rings is 1. The lowest BCUT2D eigenvalue weighted by Crippen LogP contribution is -2.38. The standard InChI is InChI=1S/C26H31N9O5S/c1-41(39,40)34(15-22(37)17-36)23-9-6-20(14-27-23)31-26-28-12-18-13-29-35(25(18)32-26)21-7-4-19(5-8-21)30-24(38)16-33-10-2-3-11-33/h4-9,12-14,22,36-37H,2-3,10-11,15-17H2,1H3,(H,30,38)(H,28,31,32). The molecule has 14 nitrogen and oxygen atoms in total. The fourth-order valence-electron chi connectivity index (χ4n) is 4.48. The molecule has 1 saturated heterocycles. The highest BCUT2D eigenvalue weighted by Crippen LogP contribution is 2.22. The van der Waals surface area contributed by atoms with Gasteiger partial charge in [0.25, 0.3) is 0 Å². The number of aliphatic hydroxyl groups is 2. The molecule has 0 saturated carbocycles. The molecule has 1 fully saturated rings. The van der Waals surface area contributed by atoms with Gasteiger partial charge >= 0.3 is 0 Å². The normalized spacial score (nSPS) is 14.7. The van der Waals surface area contributed by atoms with E-state index in [-0.39, 0.29) is 24.2 Å². The number of rotatable bonds is 11. The number of sulfonamides is 1. The summed E-state index contributed by atoms with van der Waals surface area (Å²) in [5.74, 6) is 0.327. The van der Waals surface area contributed by atoms with Gasteiger partial charge in [0.05, 0.1) is 61.2 Å². The summed E-state index contributed by atoms with van der Waals surface area (Å²) in [6, 6.07) is 10.4. The van der Waals surface area contributed by atoms with Crippen molar-refractivity contribution in [2.75, 3.05) is 54.0 Å². The second-order valence-corrected chi connectivity index (χ2v) is 11.7. The zero-order chi connectivity index (χ0) is 29.0. The lowest BCUT2D eigenvalue weighted by molar-refractivity contribution is -0.117. The molecule has 1 atom stereocenters. The van der Waals surface area contributed by atoms with Gasteiger partial charge in [0, 0.05) is 11.9 Å². The Kier molecular flexibility index (Phi) is 8.39. The van der Waals surface area contributed by atoms with Gasteiger partial charge in [0.1, 0.15) is 5.82 Å². The van der Waals surface area contributed by atoms with E-state index in [1.807, 2.05) is 24.3 Å². The average molecular weight is 582 g/mol. The molecule has 1 unspecified atom stereocenters. The molecular weight excluding hydrogens is 550 g/mol. The van der Waals surface area contributed by atoms with Crippen LogP contribution >= 0.6 is 0 Å². The zero-order valence-corrected chi connectivity index (χ0v) is 23.2. The highest BCUT2D eigenvalue weighted by Gasteiger charge is 2.22. The number of aromatic nitrogens is 5. The average Bonchev–Trinajstić information content (AvgIpc) is 3.62. The van der Waals surface area contributed by atoms with Gasteiger partial charge in [-0.2, -0.15) is 10.1 Å². The molecule has 1 aliphatic rings. The van der Waals surface area contributed by atoms with E-state index in [2.05, 4.69) is 35.6 Å². The first-order valence-electron chi connectivity index (χ1n) is 13.0. The first-order chi connectivity index (χ1) is 19.7. The van der Waals surface area contributed by atoms with E-state index in [4.69, 9.17) is 5.11 Å². The zero-order valence-electron chi connectivity index (χ0n) is 22.4. The third-order valence-electron chi connectivity index (χ3n) is 6.52. The van der Waals surface area contributed by atoms with Crippen molar-refractivity contribution in [2.24, 2.45) is 0 Å². The summed E-state index contributed by atoms with van der Waals surface area (Å²) in [5, 5.41) is 30.0. The SMILES string of the molecule is CS(=O)(=O)N(CC(O)CO)c1ccc(Nc2ncc3cnn(-c4ccc(NC(=O)CN5CCCC5)cc4)c3n2)cn1. The molecule has 1 aromatic carbocycles. The van der Waals surface area contributed by atoms with Crippen molar-refractivity contribution >= 4 is 50.1 Å². The molecule has 4 aromatic rings. The first-order valence-corrected chi connectivity index (χ1v) is 14.9. The number of likely N-dealkylation sites (tertiary alicyclic amines) is 1. The lowest BCUT2D eigenvalue weighted by Gasteiger charge is -2.23. The Bertz CT molecular complexity index is 1600. The van der Waals surface area contributed by atoms with Gasteiger partial charge in [-0.05, 0) is 62.3 Å². The topological polar surface area (TPSA) is 179 Å². The fourth-order valence-corrected chi connectivity index (χ4v) is 5.37. The van der Waals surface area contributed by atoms with Crippen LogP contribution < -0.4 is 14.9 Å². The van der Waals surface area contributed by atoms with Gasteiger partial charge < -0.3 is 20.8 Å². The van der Waals surface area contributed by atoms with Crippen molar-refractivity contribution < 1.29 is 23.4 Å². The van der Waals surface area contributed by atoms with E-state index >= 15 is 0 Å². The van der Waals surface area contributed by atoms with Crippen LogP contribution in [0, 0.1) is 0 Å². The molecule has 4 N–H and O–H groups in total. The van der Waals surface area contributed by atoms with Gasteiger partial charge in [-0.1, -0.05) is 0 Å². The van der Waals surface area contributed by atoms with E-state index < -0.39 is 22.7 Å². The van der Waals surface area contributed by atoms with Crippen molar-refractivity contribution in [3.8, 4) is 5.69 Å². The number of nitrogens with zero attached hydrogens (tertiary/aromatic N) is 7. The number of benzene rings is 1. The molecule has 41 heavy (non-hydrogen) atoms. The minimum absolute atomic E-state index is 0.0399. The van der Waals surface area contributed by atoms with E-state index in [0.717, 1.165) is 47.6 Å². The monoisotopic (exact) mass is 581 g/mol. The molecule has 0 aliphatic carbocycles. The van der Waals surface area contributed by atoms with Crippen molar-refractivity contribution in [1.82, 2.24) is 29.6 Å². The molecular formula is C26H31N9O5S. The Morgan fingerprint density at radius 3 is 2.44 bits per heavy atom. The Morgan fingerprint density at radius 1 is 1.05 bits per heavy atom. The van der Waals surface area contributed by atoms with Crippen LogP contribution in [0.3, 0.4) is 0 Å². The van der Waals surface area contributed by atoms with Gasteiger partial charge in [-0.3, -0.25) is 14.0 Å². The first kappa shape index (κ1) is 28.4. The summed E-state index contributed by atoms with van der Waals surface area (Å²) in [6.07, 6.45) is 6.71. The predicted molar refractivity (Wildman–Crippen MR) is 154 cm³/mol. The van der Waals surface area contributed by atoms with E-state index in [0.29, 0.717) is 23.6 Å². The quantitative estimate of drug-likeness (QED) is 0.199. The van der Waals surface area contributed by atoms with Crippen LogP contribution in [0.15, 0.2) is 55.0 Å². The maximum atomic E-state index is 12.3. The summed E-state index contributed by atoms with van der Waals surface area (Å²) in [5.41, 5.74) is 2.50. The molecule has 1 aliphatic heterocycles. The maximum absolute atomic E-state index is 12.3. The number of aliphatic hydroxyl groups excluding tert-OH is 2. The van der Waals surface area contributed by atoms with E-state index in [9.17, 15) is 18.3 Å². The number of hydrogen-bond donors (Lipinski definition) is 4. The van der Waals surface area contributed by atoms with Crippen LogP contribution in [-0.2, 0) is 14.8 Å². The predicted octanol–water partition coefficient (Wildman–Crippen LogP) is 1.11. The Labute approximate surface area is 236 Å². The number of nitrogens with one attached hydrogen (secondary N) is 2. The minimum Gasteiger partial charge on any atom is -0.394 e. The maximum Gasteiger partial charge on any atom is 0.238 e. The Morgan fingerprint density at radius 2 is 1.78 bits per heavy atom. The van der Waals surface area contributed by atoms with Gasteiger partial charge in [-0.25, -0.2) is 23.1 Å². The molecule has 0 radical (unpaired) electrons. The molecule has 0 spiro atoms. The smallest absolute Gasteiger partial charge is 0.238 e. The second kappa shape index (κ2) is 12.1. The van der Waals surface area contributed by atoms with Crippen molar-refractivity contribution in [3.63, 3.8) is 0 Å². The number of fused-ring (bicyclic) bond motifs is 1. The minimum atomic E-state index is -3.74. The highest BCUT2D eigenvalue weighted by atomic mass is 32.2. The lowest BCUT2D eigenvalue weighted by atomic mass is 10.2. The van der Waals surface area contributed by atoms with Gasteiger partial charge in [0.2, 0.25) is 21.9 Å². The molecule has 1 amide bonds. The third kappa shape index (κ3) is 6.94. The van der Waals surface area contributed by atoms with Crippen molar-refractivity contribution in [1.29, 1.82) is 0 Å². The third-order valence-corrected chi connectivity index (χ3v) is 7.65. The largest absolute Gasteiger partial charge is 0.394 e. The van der Waals surface area contributed by atoms with Crippen LogP contribution in [-0.4, -0.2) is 99.3 Å². The van der Waals surface area contributed by atoms with Crippen LogP contribution in [0.25, 0.3) is 16.7 Å². The van der Waals surface area contributed by atoms with Crippen LogP contribution in [0.5, 0.6) is 0 Å². The van der Waals surface area contributed by atoms with Crippen LogP contribution in [0.4, 0.5) is 23.1 Å². The highest BCUT2D eigenvalue weighted by molar-refractivity contribution is 7.92. The van der Waals surface area contributed by atoms with Crippen LogP contribution in [0.1, 0.15) is 12.8 Å². The number of carbonyl (C=O) groups is 1. The van der Waals surface area contributed by atoms with Crippen LogP contribution in [0.2, 0.25) is 0 Å². The summed E-state index contributed by atoms with van der Waals surface area (Å²) >= 11 is 0. The van der Waals surface area contributed by atoms with Crippen molar-refractivity contribution in [3.05, 3.63) is 55.0 Å². The summed E-state index contributed by atoms with van der Waals surface area (Å²) in [6.45, 7) is 1.39. The number of hydrogen-bond acceptors (Lipinski definition) is 11. The molecule has 3 aromatic heterocycles. The molecule has 0 bridgehead atoms. The number of carbonyl (C=O) groups excluding carboxylic acids is 1. The fraction of sp³-hybridized carbons (Fsp3) is 0.346. The van der Waals surface area contributed by atoms with E-state index in [1.54, 1.807) is 23.1 Å². The molecule has 4 heterocycles. The Hall–Kier alpha value is -4.18. The molecule has 5 rings (SSSR count). The number of anilines is 4. The van der Waals surface area contributed by atoms with Crippen molar-refractivity contribution in [2.45, 2.75) is 18.9 Å². The molecule has 15 heteroatoms. The summed E-state index contributed by atoms with van der Waals surface area (Å²) in [4.78, 5) is 27.6. The summed E-state index contributed by atoms with van der Waals surface area (Å²) in [7, 11) is -3.74. The number of amides is 1. The van der Waals surface area contributed by atoms with Gasteiger partial charge in [0.15, 0.2) is 5.65 Å². The second-order valence-electron chi connectivity index (χ2n) is 9.77. The summed E-state index contributed by atoms with van der Waals surface area (Å²) < 4.78 is 26.9. The molecule has 216 valence electrons.